The summed E-state index contributed by atoms with van der Waals surface area (Å²) >= 11 is 0. The van der Waals surface area contributed by atoms with Gasteiger partial charge in [0.15, 0.2) is 0 Å². The molecule has 1 rings (SSSR count). The van der Waals surface area contributed by atoms with Gasteiger partial charge in [0.25, 0.3) is 14.7 Å². The lowest BCUT2D eigenvalue weighted by atomic mass is 10.1. The Morgan fingerprint density at radius 3 is 2.00 bits per heavy atom. The van der Waals surface area contributed by atoms with Crippen molar-refractivity contribution in [2.45, 2.75) is 33.2 Å². The maximum atomic E-state index is 12.2. The first kappa shape index (κ1) is 21.3. The molecular weight excluding hydrogens is 342 g/mol. The van der Waals surface area contributed by atoms with Gasteiger partial charge in [0.1, 0.15) is 0 Å². The number of hydrogen-bond donors (Lipinski definition) is 2. The van der Waals surface area contributed by atoms with Crippen molar-refractivity contribution in [3.05, 3.63) is 35.4 Å². The van der Waals surface area contributed by atoms with Crippen LogP contribution in [0.3, 0.4) is 0 Å². The third-order valence-electron chi connectivity index (χ3n) is 3.44. The number of carbonyl (C=O) groups is 2. The molecule has 0 fully saturated rings. The van der Waals surface area contributed by atoms with Crippen molar-refractivity contribution in [3.63, 3.8) is 0 Å². The van der Waals surface area contributed by atoms with Crippen LogP contribution < -0.4 is 5.32 Å². The van der Waals surface area contributed by atoms with E-state index in [-0.39, 0.29) is 11.1 Å². The first-order valence-electron chi connectivity index (χ1n) is 8.52. The van der Waals surface area contributed by atoms with Gasteiger partial charge in [-0.15, -0.1) is 0 Å². The molecule has 1 aromatic carbocycles. The average molecular weight is 369 g/mol. The third-order valence-corrected chi connectivity index (χ3v) is 6.59. The number of rotatable bonds is 12. The third kappa shape index (κ3) is 6.58. The minimum Gasteiger partial charge on any atom is -0.525 e. The number of carboxylic acids is 1. The zero-order valence-corrected chi connectivity index (χ0v) is 16.0. The van der Waals surface area contributed by atoms with E-state index in [4.69, 9.17) is 18.4 Å². The van der Waals surface area contributed by atoms with Crippen LogP contribution in [-0.2, 0) is 13.3 Å². The Morgan fingerprint density at radius 1 is 1.00 bits per heavy atom. The molecule has 0 saturated carbocycles. The summed E-state index contributed by atoms with van der Waals surface area (Å²) < 4.78 is 17.3. The van der Waals surface area contributed by atoms with E-state index in [1.165, 1.54) is 12.1 Å². The van der Waals surface area contributed by atoms with Crippen molar-refractivity contribution in [2.24, 2.45) is 0 Å². The van der Waals surface area contributed by atoms with E-state index in [0.717, 1.165) is 0 Å². The maximum absolute atomic E-state index is 12.2. The van der Waals surface area contributed by atoms with E-state index >= 15 is 0 Å². The molecule has 2 N–H and O–H groups in total. The summed E-state index contributed by atoms with van der Waals surface area (Å²) in [6, 6.07) is 6.72. The van der Waals surface area contributed by atoms with Crippen LogP contribution in [0.4, 0.5) is 0 Å². The van der Waals surface area contributed by atoms with Gasteiger partial charge in [0.2, 0.25) is 0 Å². The van der Waals surface area contributed by atoms with Crippen LogP contribution in [0, 0.1) is 0 Å². The highest BCUT2D eigenvalue weighted by Crippen LogP contribution is 2.18. The molecule has 0 bridgehead atoms. The van der Waals surface area contributed by atoms with E-state index in [1.54, 1.807) is 12.1 Å². The Labute approximate surface area is 149 Å². The topological polar surface area (TPSA) is 94.1 Å². The van der Waals surface area contributed by atoms with Crippen LogP contribution in [0.5, 0.6) is 0 Å². The summed E-state index contributed by atoms with van der Waals surface area (Å²) in [5.41, 5.74) is 0.139. The van der Waals surface area contributed by atoms with Crippen molar-refractivity contribution in [1.29, 1.82) is 0 Å². The fraction of sp³-hybridized carbons (Fsp3) is 0.529. The summed E-state index contributed by atoms with van der Waals surface area (Å²) in [6.07, 6.45) is 0.618. The van der Waals surface area contributed by atoms with Gasteiger partial charge in [-0.2, -0.15) is 0 Å². The second-order valence-electron chi connectivity index (χ2n) is 5.19. The van der Waals surface area contributed by atoms with Crippen molar-refractivity contribution < 1.29 is 28.0 Å². The van der Waals surface area contributed by atoms with Crippen molar-refractivity contribution in [3.8, 4) is 0 Å². The van der Waals surface area contributed by atoms with Crippen LogP contribution in [0.25, 0.3) is 0 Å². The molecule has 0 atom stereocenters. The van der Waals surface area contributed by atoms with Crippen LogP contribution in [0.1, 0.15) is 47.9 Å². The van der Waals surface area contributed by atoms with Gasteiger partial charge >= 0.3 is 5.97 Å². The molecule has 0 aliphatic rings. The summed E-state index contributed by atoms with van der Waals surface area (Å²) in [4.78, 5) is 23.4. The normalized spacial score (nSPS) is 11.3. The van der Waals surface area contributed by atoms with E-state index < -0.39 is 20.7 Å². The van der Waals surface area contributed by atoms with E-state index in [9.17, 15) is 9.59 Å². The zero-order valence-electron chi connectivity index (χ0n) is 15.0. The van der Waals surface area contributed by atoms with E-state index in [1.807, 2.05) is 20.8 Å². The molecule has 141 valence electrons. The lowest BCUT2D eigenvalue weighted by Crippen LogP contribution is -2.46. The fourth-order valence-corrected chi connectivity index (χ4v) is 5.08. The summed E-state index contributed by atoms with van der Waals surface area (Å²) in [5.74, 6) is -1.53. The Bertz CT molecular complexity index is 549. The van der Waals surface area contributed by atoms with Crippen molar-refractivity contribution in [1.82, 2.24) is 5.32 Å². The van der Waals surface area contributed by atoms with Crippen LogP contribution in [0.2, 0.25) is 6.04 Å². The first-order chi connectivity index (χ1) is 12.0. The predicted molar refractivity (Wildman–Crippen MR) is 95.8 cm³/mol. The molecule has 0 aliphatic heterocycles. The second kappa shape index (κ2) is 11.0. The Hall–Kier alpha value is -1.74. The molecule has 25 heavy (non-hydrogen) atoms. The number of benzene rings is 1. The molecule has 7 nitrogen and oxygen atoms in total. The number of carboxylic acid groups (broad SMARTS) is 1. The van der Waals surface area contributed by atoms with Gasteiger partial charge in [-0.25, -0.2) is 4.79 Å². The highest BCUT2D eigenvalue weighted by molar-refractivity contribution is 6.60. The Kier molecular flexibility index (Phi) is 9.36. The quantitative estimate of drug-likeness (QED) is 0.434. The van der Waals surface area contributed by atoms with Gasteiger partial charge < -0.3 is 23.7 Å². The molecule has 0 unspecified atom stereocenters. The number of carbonyl (C=O) groups excluding carboxylic acids is 1. The number of amides is 1. The number of nitrogens with one attached hydrogen (secondary N) is 1. The van der Waals surface area contributed by atoms with Gasteiger partial charge in [0.05, 0.1) is 11.1 Å². The standard InChI is InChI=1S/C17H27NO6Si/c1-4-22-25(23-5-2,24-6-3)13-9-12-18-16(19)14-10-7-8-11-15(14)17(20)21/h7-8,10-11H,4-6,9,12-13H2,1-3H3,(H,18,19)(H,20,21)/q-1. The van der Waals surface area contributed by atoms with Gasteiger partial charge in [-0.05, 0) is 32.9 Å². The van der Waals surface area contributed by atoms with Gasteiger partial charge in [0, 0.05) is 26.4 Å². The summed E-state index contributed by atoms with van der Waals surface area (Å²) in [5, 5.41) is 11.9. The maximum Gasteiger partial charge on any atom is 0.336 e. The smallest absolute Gasteiger partial charge is 0.336 e. The Morgan fingerprint density at radius 2 is 1.52 bits per heavy atom. The number of hydrogen-bond acceptors (Lipinski definition) is 5. The summed E-state index contributed by atoms with van der Waals surface area (Å²) in [6.45, 7) is 7.58. The zero-order chi connectivity index (χ0) is 18.7. The molecule has 0 saturated heterocycles. The van der Waals surface area contributed by atoms with Gasteiger partial charge in [-0.3, -0.25) is 4.79 Å². The minimum atomic E-state index is -2.72. The highest BCUT2D eigenvalue weighted by Gasteiger charge is 2.24. The molecule has 0 aromatic heterocycles. The lowest BCUT2D eigenvalue weighted by molar-refractivity contribution is 0.0690. The van der Waals surface area contributed by atoms with Crippen molar-refractivity contribution >= 4 is 20.7 Å². The van der Waals surface area contributed by atoms with Crippen LogP contribution in [0.15, 0.2) is 24.3 Å². The molecule has 0 aliphatic carbocycles. The molecule has 0 radical (unpaired) electrons. The second-order valence-corrected chi connectivity index (χ2v) is 7.92. The highest BCUT2D eigenvalue weighted by atomic mass is 28.4. The Balaban J connectivity index is 2.61. The molecule has 8 heteroatoms. The molecule has 0 spiro atoms. The van der Waals surface area contributed by atoms with Crippen LogP contribution in [-0.4, -0.2) is 52.2 Å². The predicted octanol–water partition coefficient (Wildman–Crippen LogP) is 2.55. The molecule has 0 heterocycles. The average Bonchev–Trinajstić information content (AvgIpc) is 2.59. The molecule has 1 aromatic rings. The van der Waals surface area contributed by atoms with Gasteiger partial charge in [-0.1, -0.05) is 24.6 Å². The fourth-order valence-electron chi connectivity index (χ4n) is 2.47. The number of aromatic carboxylic acids is 1. The molecule has 1 amide bonds. The monoisotopic (exact) mass is 369 g/mol. The van der Waals surface area contributed by atoms with E-state index in [0.29, 0.717) is 38.8 Å². The minimum absolute atomic E-state index is 0.0123. The first-order valence-corrected chi connectivity index (χ1v) is 10.4. The van der Waals surface area contributed by atoms with Crippen LogP contribution >= 0.6 is 0 Å². The lowest BCUT2D eigenvalue weighted by Gasteiger charge is -2.42. The molecular formula is C17H27NO6Si-. The van der Waals surface area contributed by atoms with Crippen molar-refractivity contribution in [2.75, 3.05) is 26.4 Å². The summed E-state index contributed by atoms with van der Waals surface area (Å²) in [7, 11) is -2.72. The SMILES string of the molecule is CCO[Si-](CCCNC(=O)c1ccccc1C(=O)O)(OCC)OCC. The van der Waals surface area contributed by atoms with E-state index in [2.05, 4.69) is 5.32 Å². The largest absolute Gasteiger partial charge is 0.525 e.